The first-order valence-corrected chi connectivity index (χ1v) is 11.2. The highest BCUT2D eigenvalue weighted by Gasteiger charge is 2.29. The fourth-order valence-electron chi connectivity index (χ4n) is 5.20. The second kappa shape index (κ2) is 8.83. The van der Waals surface area contributed by atoms with Gasteiger partial charge in [-0.2, -0.15) is 0 Å². The molecule has 3 fully saturated rings. The Bertz CT molecular complexity index is 669. The number of amides is 1. The second-order valence-corrected chi connectivity index (χ2v) is 8.91. The van der Waals surface area contributed by atoms with Crippen molar-refractivity contribution in [3.8, 4) is 0 Å². The van der Waals surface area contributed by atoms with Crippen LogP contribution in [-0.2, 0) is 4.79 Å². The van der Waals surface area contributed by atoms with Crippen LogP contribution in [0, 0.1) is 13.8 Å². The van der Waals surface area contributed by atoms with E-state index in [1.807, 2.05) is 0 Å². The molecule has 0 bridgehead atoms. The molecule has 5 nitrogen and oxygen atoms in total. The van der Waals surface area contributed by atoms with Crippen molar-refractivity contribution < 1.29 is 4.79 Å². The number of carbonyl (C=O) groups is 1. The van der Waals surface area contributed by atoms with E-state index < -0.39 is 0 Å². The van der Waals surface area contributed by atoms with Crippen molar-refractivity contribution in [3.05, 3.63) is 29.3 Å². The molecule has 0 aromatic heterocycles. The second-order valence-electron chi connectivity index (χ2n) is 8.91. The van der Waals surface area contributed by atoms with Crippen molar-refractivity contribution >= 4 is 11.6 Å². The van der Waals surface area contributed by atoms with Gasteiger partial charge in [0.05, 0.1) is 6.54 Å². The minimum atomic E-state index is 0.325. The van der Waals surface area contributed by atoms with Gasteiger partial charge in [-0.25, -0.2) is 0 Å². The Hall–Kier alpha value is -1.59. The van der Waals surface area contributed by atoms with Crippen LogP contribution in [0.15, 0.2) is 18.2 Å². The van der Waals surface area contributed by atoms with Crippen molar-refractivity contribution in [2.75, 3.05) is 63.8 Å². The van der Waals surface area contributed by atoms with E-state index in [0.717, 1.165) is 58.4 Å². The summed E-state index contributed by atoms with van der Waals surface area (Å²) in [4.78, 5) is 22.3. The number of piperazine rings is 2. The van der Waals surface area contributed by atoms with E-state index in [2.05, 4.69) is 51.6 Å². The molecule has 1 saturated carbocycles. The number of rotatable bonds is 4. The lowest BCUT2D eigenvalue weighted by Crippen LogP contribution is -2.55. The Balaban J connectivity index is 1.22. The Morgan fingerprint density at radius 2 is 1.61 bits per heavy atom. The first kappa shape index (κ1) is 19.7. The molecule has 4 rings (SSSR count). The average molecular weight is 385 g/mol. The molecule has 1 aromatic carbocycles. The molecule has 28 heavy (non-hydrogen) atoms. The van der Waals surface area contributed by atoms with E-state index >= 15 is 0 Å². The van der Waals surface area contributed by atoms with Gasteiger partial charge >= 0.3 is 0 Å². The molecule has 0 N–H and O–H groups in total. The number of hydrogen-bond acceptors (Lipinski definition) is 4. The molecule has 0 unspecified atom stereocenters. The smallest absolute Gasteiger partial charge is 0.236 e. The zero-order chi connectivity index (χ0) is 19.5. The summed E-state index contributed by atoms with van der Waals surface area (Å²) in [6.45, 7) is 12.9. The summed E-state index contributed by atoms with van der Waals surface area (Å²) in [6.07, 6.45) is 5.49. The van der Waals surface area contributed by atoms with Crippen LogP contribution in [0.5, 0.6) is 0 Å². The topological polar surface area (TPSA) is 30.0 Å². The molecule has 154 valence electrons. The lowest BCUT2D eigenvalue weighted by molar-refractivity contribution is -0.134. The van der Waals surface area contributed by atoms with E-state index in [-0.39, 0.29) is 0 Å². The molecule has 2 heterocycles. The van der Waals surface area contributed by atoms with Gasteiger partial charge in [0.15, 0.2) is 0 Å². The zero-order valence-corrected chi connectivity index (χ0v) is 17.7. The molecule has 0 radical (unpaired) electrons. The molecule has 0 atom stereocenters. The average Bonchev–Trinajstić information content (AvgIpc) is 3.24. The van der Waals surface area contributed by atoms with E-state index in [1.54, 1.807) is 0 Å². The van der Waals surface area contributed by atoms with Gasteiger partial charge < -0.3 is 9.80 Å². The molecule has 3 aliphatic rings. The number of benzene rings is 1. The standard InChI is InChI=1S/C23H36N4O/c1-19-7-8-22(20(2)17-19)26-11-9-24(10-12-26)18-23(28)27-15-13-25(14-16-27)21-5-3-4-6-21/h7-8,17,21H,3-6,9-16,18H2,1-2H3. The van der Waals surface area contributed by atoms with E-state index in [1.165, 1.54) is 42.5 Å². The third-order valence-corrected chi connectivity index (χ3v) is 6.93. The summed E-state index contributed by atoms with van der Waals surface area (Å²) < 4.78 is 0. The Labute approximate surface area is 170 Å². The molecule has 1 aliphatic carbocycles. The molecule has 1 aromatic rings. The highest BCUT2D eigenvalue weighted by atomic mass is 16.2. The number of nitrogens with zero attached hydrogens (tertiary/aromatic N) is 4. The van der Waals surface area contributed by atoms with Crippen molar-refractivity contribution in [3.63, 3.8) is 0 Å². The van der Waals surface area contributed by atoms with Crippen molar-refractivity contribution in [2.24, 2.45) is 0 Å². The first-order chi connectivity index (χ1) is 13.6. The monoisotopic (exact) mass is 384 g/mol. The van der Waals surface area contributed by atoms with Crippen LogP contribution in [0.1, 0.15) is 36.8 Å². The molecule has 2 aliphatic heterocycles. The first-order valence-electron chi connectivity index (χ1n) is 11.2. The van der Waals surface area contributed by atoms with Gasteiger partial charge in [-0.05, 0) is 38.3 Å². The molecule has 1 amide bonds. The summed E-state index contributed by atoms with van der Waals surface area (Å²) in [5.41, 5.74) is 4.02. The quantitative estimate of drug-likeness (QED) is 0.798. The van der Waals surface area contributed by atoms with E-state index in [0.29, 0.717) is 12.5 Å². The molecule has 2 saturated heterocycles. The number of aryl methyl sites for hydroxylation is 2. The van der Waals surface area contributed by atoms with Crippen molar-refractivity contribution in [1.82, 2.24) is 14.7 Å². The summed E-state index contributed by atoms with van der Waals surface area (Å²) in [5.74, 6) is 0.325. The Kier molecular flexibility index (Phi) is 6.22. The predicted molar refractivity (Wildman–Crippen MR) is 115 cm³/mol. The van der Waals surface area contributed by atoms with Gasteiger partial charge in [-0.15, -0.1) is 0 Å². The summed E-state index contributed by atoms with van der Waals surface area (Å²) in [7, 11) is 0. The molecule has 5 heteroatoms. The Morgan fingerprint density at radius 1 is 0.929 bits per heavy atom. The van der Waals surface area contributed by atoms with Crippen molar-refractivity contribution in [1.29, 1.82) is 0 Å². The van der Waals surface area contributed by atoms with Crippen LogP contribution in [0.4, 0.5) is 5.69 Å². The summed E-state index contributed by atoms with van der Waals surface area (Å²) >= 11 is 0. The summed E-state index contributed by atoms with van der Waals surface area (Å²) in [6, 6.07) is 7.49. The van der Waals surface area contributed by atoms with Crippen LogP contribution in [0.25, 0.3) is 0 Å². The maximum Gasteiger partial charge on any atom is 0.236 e. The molecular formula is C23H36N4O. The fourth-order valence-corrected chi connectivity index (χ4v) is 5.20. The van der Waals surface area contributed by atoms with Gasteiger partial charge in [0.1, 0.15) is 0 Å². The van der Waals surface area contributed by atoms with Gasteiger partial charge in [-0.3, -0.25) is 14.6 Å². The maximum atomic E-state index is 12.8. The van der Waals surface area contributed by atoms with Gasteiger partial charge in [0, 0.05) is 64.1 Å². The number of anilines is 1. The number of carbonyl (C=O) groups excluding carboxylic acids is 1. The lowest BCUT2D eigenvalue weighted by atomic mass is 10.1. The highest BCUT2D eigenvalue weighted by Crippen LogP contribution is 2.25. The van der Waals surface area contributed by atoms with Crippen LogP contribution in [-0.4, -0.2) is 85.6 Å². The van der Waals surface area contributed by atoms with Crippen LogP contribution in [0.2, 0.25) is 0 Å². The van der Waals surface area contributed by atoms with Gasteiger partial charge in [0.2, 0.25) is 5.91 Å². The minimum absolute atomic E-state index is 0.325. The predicted octanol–water partition coefficient (Wildman–Crippen LogP) is 2.51. The van der Waals surface area contributed by atoms with Crippen molar-refractivity contribution in [2.45, 2.75) is 45.6 Å². The zero-order valence-electron chi connectivity index (χ0n) is 17.7. The molecular weight excluding hydrogens is 348 g/mol. The Morgan fingerprint density at radius 3 is 2.25 bits per heavy atom. The van der Waals surface area contributed by atoms with E-state index in [9.17, 15) is 4.79 Å². The van der Waals surface area contributed by atoms with Gasteiger partial charge in [0.25, 0.3) is 0 Å². The van der Waals surface area contributed by atoms with E-state index in [4.69, 9.17) is 0 Å². The fraction of sp³-hybridized carbons (Fsp3) is 0.696. The third kappa shape index (κ3) is 4.52. The highest BCUT2D eigenvalue weighted by molar-refractivity contribution is 5.78. The normalized spacial score (nSPS) is 22.8. The summed E-state index contributed by atoms with van der Waals surface area (Å²) in [5, 5.41) is 0. The van der Waals surface area contributed by atoms with Gasteiger partial charge in [-0.1, -0.05) is 30.5 Å². The maximum absolute atomic E-state index is 12.8. The van der Waals surface area contributed by atoms with Crippen LogP contribution in [0.3, 0.4) is 0 Å². The number of hydrogen-bond donors (Lipinski definition) is 0. The minimum Gasteiger partial charge on any atom is -0.369 e. The lowest BCUT2D eigenvalue weighted by Gasteiger charge is -2.40. The largest absolute Gasteiger partial charge is 0.369 e. The SMILES string of the molecule is Cc1ccc(N2CCN(CC(=O)N3CCN(C4CCCC4)CC3)CC2)c(C)c1. The third-order valence-electron chi connectivity index (χ3n) is 6.93. The van der Waals surface area contributed by atoms with Crippen LogP contribution >= 0.6 is 0 Å². The molecule has 0 spiro atoms. The van der Waals surface area contributed by atoms with Crippen LogP contribution < -0.4 is 4.90 Å².